The van der Waals surface area contributed by atoms with Crippen LogP contribution in [-0.4, -0.2) is 24.0 Å². The monoisotopic (exact) mass is 309 g/mol. The van der Waals surface area contributed by atoms with Crippen LogP contribution in [0.3, 0.4) is 0 Å². The number of amides is 2. The Morgan fingerprint density at radius 2 is 1.45 bits per heavy atom. The zero-order valence-electron chi connectivity index (χ0n) is 13.9. The van der Waals surface area contributed by atoms with Crippen molar-refractivity contribution in [2.24, 2.45) is 5.92 Å². The van der Waals surface area contributed by atoms with Gasteiger partial charge in [0.1, 0.15) is 6.10 Å². The molecule has 1 heterocycles. The van der Waals surface area contributed by atoms with Crippen LogP contribution in [0.1, 0.15) is 84.0 Å². The summed E-state index contributed by atoms with van der Waals surface area (Å²) >= 11 is 0. The van der Waals surface area contributed by atoms with Crippen molar-refractivity contribution in [2.45, 2.75) is 96.2 Å². The SMILES string of the molecule is CC1CCCCCCC(OC2CCC(=O)NC2=O)CCCC1. The molecule has 1 N–H and O–H groups in total. The van der Waals surface area contributed by atoms with E-state index in [0.717, 1.165) is 18.8 Å². The van der Waals surface area contributed by atoms with Crippen molar-refractivity contribution in [1.82, 2.24) is 5.32 Å². The molecule has 0 aromatic carbocycles. The Morgan fingerprint density at radius 1 is 0.864 bits per heavy atom. The molecule has 1 aliphatic carbocycles. The van der Waals surface area contributed by atoms with Crippen molar-refractivity contribution in [3.8, 4) is 0 Å². The Morgan fingerprint density at radius 3 is 2.14 bits per heavy atom. The molecule has 126 valence electrons. The summed E-state index contributed by atoms with van der Waals surface area (Å²) in [6.07, 6.45) is 13.0. The maximum atomic E-state index is 11.8. The number of carbonyl (C=O) groups is 2. The highest BCUT2D eigenvalue weighted by molar-refractivity contribution is 5.99. The van der Waals surface area contributed by atoms with Crippen LogP contribution in [0, 0.1) is 5.92 Å². The maximum absolute atomic E-state index is 11.8. The van der Waals surface area contributed by atoms with Crippen LogP contribution in [0.15, 0.2) is 0 Å². The van der Waals surface area contributed by atoms with Crippen molar-refractivity contribution < 1.29 is 14.3 Å². The van der Waals surface area contributed by atoms with Gasteiger partial charge < -0.3 is 4.74 Å². The zero-order valence-corrected chi connectivity index (χ0v) is 13.9. The van der Waals surface area contributed by atoms with Crippen LogP contribution in [0.2, 0.25) is 0 Å². The highest BCUT2D eigenvalue weighted by atomic mass is 16.5. The van der Waals surface area contributed by atoms with Crippen LogP contribution in [0.25, 0.3) is 0 Å². The second-order valence-corrected chi connectivity index (χ2v) is 7.08. The molecule has 0 radical (unpaired) electrons. The molecule has 2 amide bonds. The lowest BCUT2D eigenvalue weighted by atomic mass is 9.93. The summed E-state index contributed by atoms with van der Waals surface area (Å²) in [5, 5.41) is 2.39. The van der Waals surface area contributed by atoms with Crippen molar-refractivity contribution in [3.05, 3.63) is 0 Å². The molecule has 2 rings (SSSR count). The minimum Gasteiger partial charge on any atom is -0.365 e. The molecule has 22 heavy (non-hydrogen) atoms. The summed E-state index contributed by atoms with van der Waals surface area (Å²) in [6, 6.07) is 0. The number of hydrogen-bond donors (Lipinski definition) is 1. The van der Waals surface area contributed by atoms with Crippen molar-refractivity contribution in [1.29, 1.82) is 0 Å². The fraction of sp³-hybridized carbons (Fsp3) is 0.889. The van der Waals surface area contributed by atoms with Gasteiger partial charge in [0.2, 0.25) is 5.91 Å². The van der Waals surface area contributed by atoms with E-state index in [-0.39, 0.29) is 17.9 Å². The lowest BCUT2D eigenvalue weighted by molar-refractivity contribution is -0.147. The Hall–Kier alpha value is -0.900. The quantitative estimate of drug-likeness (QED) is 0.791. The summed E-state index contributed by atoms with van der Waals surface area (Å²) in [4.78, 5) is 23.1. The van der Waals surface area contributed by atoms with Crippen LogP contribution in [0.5, 0.6) is 0 Å². The first-order valence-corrected chi connectivity index (χ1v) is 9.14. The van der Waals surface area contributed by atoms with Gasteiger partial charge in [-0.2, -0.15) is 0 Å². The summed E-state index contributed by atoms with van der Waals surface area (Å²) in [5.41, 5.74) is 0. The fourth-order valence-electron chi connectivity index (χ4n) is 3.54. The number of imide groups is 1. The van der Waals surface area contributed by atoms with E-state index in [4.69, 9.17) is 4.74 Å². The minimum atomic E-state index is -0.422. The van der Waals surface area contributed by atoms with Crippen LogP contribution in [-0.2, 0) is 14.3 Å². The van der Waals surface area contributed by atoms with E-state index in [1.165, 1.54) is 51.4 Å². The summed E-state index contributed by atoms with van der Waals surface area (Å²) in [5.74, 6) is 0.433. The fourth-order valence-corrected chi connectivity index (χ4v) is 3.54. The molecule has 0 aromatic rings. The van der Waals surface area contributed by atoms with E-state index in [1.54, 1.807) is 0 Å². The zero-order chi connectivity index (χ0) is 15.8. The minimum absolute atomic E-state index is 0.169. The largest absolute Gasteiger partial charge is 0.365 e. The second-order valence-electron chi connectivity index (χ2n) is 7.08. The molecular formula is C18H31NO3. The van der Waals surface area contributed by atoms with Gasteiger partial charge in [-0.1, -0.05) is 58.3 Å². The standard InChI is InChI=1S/C18H31NO3/c1-14-8-4-2-3-5-10-15(11-7-6-9-14)22-16-12-13-17(20)19-18(16)21/h14-16H,2-13H2,1H3,(H,19,20,21). The second kappa shape index (κ2) is 9.29. The third kappa shape index (κ3) is 6.07. The highest BCUT2D eigenvalue weighted by Crippen LogP contribution is 2.23. The first-order chi connectivity index (χ1) is 10.6. The maximum Gasteiger partial charge on any atom is 0.255 e. The van der Waals surface area contributed by atoms with Gasteiger partial charge in [-0.05, 0) is 25.2 Å². The molecule has 3 unspecified atom stereocenters. The molecule has 3 atom stereocenters. The number of piperidine rings is 1. The van der Waals surface area contributed by atoms with E-state index < -0.39 is 6.10 Å². The summed E-state index contributed by atoms with van der Waals surface area (Å²) < 4.78 is 6.06. The smallest absolute Gasteiger partial charge is 0.255 e. The number of rotatable bonds is 2. The van der Waals surface area contributed by atoms with Gasteiger partial charge in [0, 0.05) is 6.42 Å². The Bertz CT molecular complexity index is 369. The molecular weight excluding hydrogens is 278 g/mol. The molecule has 2 aliphatic rings. The predicted octanol–water partition coefficient (Wildman–Crippen LogP) is 3.73. The van der Waals surface area contributed by atoms with Crippen LogP contribution >= 0.6 is 0 Å². The van der Waals surface area contributed by atoms with Gasteiger partial charge in [0.25, 0.3) is 5.91 Å². The van der Waals surface area contributed by atoms with Gasteiger partial charge in [-0.15, -0.1) is 0 Å². The Labute approximate surface area is 134 Å². The third-order valence-corrected chi connectivity index (χ3v) is 4.99. The van der Waals surface area contributed by atoms with Gasteiger partial charge in [0.05, 0.1) is 6.10 Å². The lowest BCUT2D eigenvalue weighted by Crippen LogP contribution is -2.46. The molecule has 0 spiro atoms. The van der Waals surface area contributed by atoms with Crippen molar-refractivity contribution >= 4 is 11.8 Å². The van der Waals surface area contributed by atoms with Crippen LogP contribution < -0.4 is 5.32 Å². The average molecular weight is 309 g/mol. The molecule has 1 saturated heterocycles. The van der Waals surface area contributed by atoms with E-state index in [1.807, 2.05) is 0 Å². The highest BCUT2D eigenvalue weighted by Gasteiger charge is 2.29. The molecule has 0 aromatic heterocycles. The van der Waals surface area contributed by atoms with Crippen LogP contribution in [0.4, 0.5) is 0 Å². The van der Waals surface area contributed by atoms with Gasteiger partial charge in [-0.3, -0.25) is 14.9 Å². The van der Waals surface area contributed by atoms with Gasteiger partial charge in [-0.25, -0.2) is 0 Å². The summed E-state index contributed by atoms with van der Waals surface area (Å²) in [6.45, 7) is 2.36. The van der Waals surface area contributed by atoms with E-state index in [2.05, 4.69) is 12.2 Å². The number of nitrogens with one attached hydrogen (secondary N) is 1. The molecule has 2 fully saturated rings. The van der Waals surface area contributed by atoms with Crippen molar-refractivity contribution in [3.63, 3.8) is 0 Å². The lowest BCUT2D eigenvalue weighted by Gasteiger charge is -2.27. The number of ether oxygens (including phenoxy) is 1. The topological polar surface area (TPSA) is 55.4 Å². The normalized spacial score (nSPS) is 32.7. The van der Waals surface area contributed by atoms with E-state index in [0.29, 0.717) is 12.8 Å². The molecule has 1 saturated carbocycles. The molecule has 0 bridgehead atoms. The first kappa shape index (κ1) is 17.5. The Balaban J connectivity index is 1.81. The number of hydrogen-bond acceptors (Lipinski definition) is 3. The molecule has 4 nitrogen and oxygen atoms in total. The van der Waals surface area contributed by atoms with Gasteiger partial charge in [0.15, 0.2) is 0 Å². The van der Waals surface area contributed by atoms with Crippen molar-refractivity contribution in [2.75, 3.05) is 0 Å². The van der Waals surface area contributed by atoms with Gasteiger partial charge >= 0.3 is 0 Å². The molecule has 1 aliphatic heterocycles. The van der Waals surface area contributed by atoms with E-state index >= 15 is 0 Å². The predicted molar refractivity (Wildman–Crippen MR) is 86.4 cm³/mol. The van der Waals surface area contributed by atoms with E-state index in [9.17, 15) is 9.59 Å². The molecule has 4 heteroatoms. The summed E-state index contributed by atoms with van der Waals surface area (Å²) in [7, 11) is 0. The Kier molecular flexibility index (Phi) is 7.37. The number of carbonyl (C=O) groups excluding carboxylic acids is 2. The first-order valence-electron chi connectivity index (χ1n) is 9.14. The average Bonchev–Trinajstić information content (AvgIpc) is 2.47. The third-order valence-electron chi connectivity index (χ3n) is 4.99.